The smallest absolute Gasteiger partial charge is 0.412 e. The summed E-state index contributed by atoms with van der Waals surface area (Å²) in [7, 11) is 0. The van der Waals surface area contributed by atoms with Crippen LogP contribution in [0.1, 0.15) is 37.6 Å². The summed E-state index contributed by atoms with van der Waals surface area (Å²) in [6.07, 6.45) is 3.82. The molecule has 8 nitrogen and oxygen atoms in total. The SMILES string of the molecule is CC(C)(C)OC(=O)Nc1ccc(-c2ccccc2F)cc1NC(=O)CC(=O)c1cccc(-n2ccnc2)c1. The second-order valence-corrected chi connectivity index (χ2v) is 9.54. The molecule has 4 rings (SSSR count). The highest BCUT2D eigenvalue weighted by Gasteiger charge is 2.20. The summed E-state index contributed by atoms with van der Waals surface area (Å²) in [4.78, 5) is 42.2. The van der Waals surface area contributed by atoms with E-state index in [0.29, 0.717) is 16.7 Å². The second kappa shape index (κ2) is 11.1. The number of nitrogens with one attached hydrogen (secondary N) is 2. The Kier molecular flexibility index (Phi) is 7.66. The molecule has 1 aromatic heterocycles. The number of anilines is 2. The summed E-state index contributed by atoms with van der Waals surface area (Å²) >= 11 is 0. The largest absolute Gasteiger partial charge is 0.444 e. The number of imidazole rings is 1. The fourth-order valence-corrected chi connectivity index (χ4v) is 3.73. The third-order valence-electron chi connectivity index (χ3n) is 5.41. The average Bonchev–Trinajstić information content (AvgIpc) is 3.39. The first-order chi connectivity index (χ1) is 18.1. The molecule has 2 amide bonds. The number of benzene rings is 3. The van der Waals surface area contributed by atoms with Gasteiger partial charge in [0.15, 0.2) is 5.78 Å². The number of hydrogen-bond donors (Lipinski definition) is 2. The van der Waals surface area contributed by atoms with Gasteiger partial charge < -0.3 is 14.6 Å². The number of aromatic nitrogens is 2. The third kappa shape index (κ3) is 6.70. The van der Waals surface area contributed by atoms with E-state index in [0.717, 1.165) is 5.69 Å². The van der Waals surface area contributed by atoms with E-state index in [2.05, 4.69) is 15.6 Å². The Morgan fingerprint density at radius 2 is 1.74 bits per heavy atom. The van der Waals surface area contributed by atoms with Crippen molar-refractivity contribution in [1.82, 2.24) is 9.55 Å². The van der Waals surface area contributed by atoms with Crippen LogP contribution >= 0.6 is 0 Å². The highest BCUT2D eigenvalue weighted by atomic mass is 19.1. The fourth-order valence-electron chi connectivity index (χ4n) is 3.73. The van der Waals surface area contributed by atoms with E-state index < -0.39 is 35.6 Å². The molecular weight excluding hydrogens is 487 g/mol. The number of hydrogen-bond acceptors (Lipinski definition) is 5. The van der Waals surface area contributed by atoms with Gasteiger partial charge >= 0.3 is 6.09 Å². The van der Waals surface area contributed by atoms with Crippen molar-refractivity contribution in [3.8, 4) is 16.8 Å². The molecule has 4 aromatic rings. The van der Waals surface area contributed by atoms with Gasteiger partial charge in [0, 0.05) is 29.2 Å². The van der Waals surface area contributed by atoms with Crippen LogP contribution in [0, 0.1) is 5.82 Å². The van der Waals surface area contributed by atoms with Crippen molar-refractivity contribution >= 4 is 29.2 Å². The van der Waals surface area contributed by atoms with E-state index in [4.69, 9.17) is 4.74 Å². The number of halogens is 1. The predicted octanol–water partition coefficient (Wildman–Crippen LogP) is 6.24. The Morgan fingerprint density at radius 1 is 0.947 bits per heavy atom. The molecule has 9 heteroatoms. The molecule has 0 radical (unpaired) electrons. The number of ketones is 1. The van der Waals surface area contributed by atoms with Gasteiger partial charge in [-0.05, 0) is 56.7 Å². The van der Waals surface area contributed by atoms with Gasteiger partial charge in [0.2, 0.25) is 5.91 Å². The Labute approximate surface area is 219 Å². The van der Waals surface area contributed by atoms with Crippen LogP contribution in [0.4, 0.5) is 20.6 Å². The number of amides is 2. The van der Waals surface area contributed by atoms with Gasteiger partial charge in [0.1, 0.15) is 11.4 Å². The molecule has 0 saturated heterocycles. The molecule has 38 heavy (non-hydrogen) atoms. The molecule has 0 aliphatic rings. The average molecular weight is 515 g/mol. The lowest BCUT2D eigenvalue weighted by Gasteiger charge is -2.21. The molecule has 0 atom stereocenters. The number of Topliss-reactive ketones (excluding diaryl/α,β-unsaturated/α-hetero) is 1. The van der Waals surface area contributed by atoms with Crippen molar-refractivity contribution in [2.45, 2.75) is 32.8 Å². The molecule has 0 aliphatic heterocycles. The molecule has 0 aliphatic carbocycles. The maximum absolute atomic E-state index is 14.4. The Balaban J connectivity index is 1.56. The van der Waals surface area contributed by atoms with Crippen LogP contribution in [-0.4, -0.2) is 32.9 Å². The first kappa shape index (κ1) is 26.3. The molecule has 0 fully saturated rings. The molecule has 194 valence electrons. The van der Waals surface area contributed by atoms with Gasteiger partial charge in [-0.2, -0.15) is 0 Å². The molecule has 0 unspecified atom stereocenters. The van der Waals surface area contributed by atoms with Crippen molar-refractivity contribution in [3.63, 3.8) is 0 Å². The Bertz CT molecular complexity index is 1480. The summed E-state index contributed by atoms with van der Waals surface area (Å²) in [5, 5.41) is 5.29. The second-order valence-electron chi connectivity index (χ2n) is 9.54. The lowest BCUT2D eigenvalue weighted by atomic mass is 10.0. The van der Waals surface area contributed by atoms with Crippen LogP contribution < -0.4 is 10.6 Å². The molecule has 2 N–H and O–H groups in total. The maximum Gasteiger partial charge on any atom is 0.412 e. The van der Waals surface area contributed by atoms with E-state index in [1.165, 1.54) is 18.2 Å². The Hall–Kier alpha value is -4.79. The third-order valence-corrected chi connectivity index (χ3v) is 5.41. The molecule has 1 heterocycles. The van der Waals surface area contributed by atoms with Gasteiger partial charge in [0.25, 0.3) is 0 Å². The lowest BCUT2D eigenvalue weighted by molar-refractivity contribution is -0.115. The van der Waals surface area contributed by atoms with E-state index in [1.807, 2.05) is 6.07 Å². The zero-order valence-electron chi connectivity index (χ0n) is 21.2. The van der Waals surface area contributed by atoms with E-state index in [-0.39, 0.29) is 11.4 Å². The van der Waals surface area contributed by atoms with Crippen LogP contribution in [0.3, 0.4) is 0 Å². The number of nitrogens with zero attached hydrogens (tertiary/aromatic N) is 2. The van der Waals surface area contributed by atoms with Crippen molar-refractivity contribution in [3.05, 3.63) is 96.8 Å². The Morgan fingerprint density at radius 3 is 2.45 bits per heavy atom. The van der Waals surface area contributed by atoms with Gasteiger partial charge in [0.05, 0.1) is 24.1 Å². The minimum atomic E-state index is -0.738. The molecule has 0 spiro atoms. The van der Waals surface area contributed by atoms with E-state index in [9.17, 15) is 18.8 Å². The summed E-state index contributed by atoms with van der Waals surface area (Å²) in [5.41, 5.74) is 1.59. The summed E-state index contributed by atoms with van der Waals surface area (Å²) in [5.74, 6) is -1.43. The first-order valence-corrected chi connectivity index (χ1v) is 11.9. The van der Waals surface area contributed by atoms with Gasteiger partial charge in [-0.25, -0.2) is 14.2 Å². The number of rotatable bonds is 7. The highest BCUT2D eigenvalue weighted by molar-refractivity contribution is 6.12. The zero-order chi connectivity index (χ0) is 27.3. The zero-order valence-corrected chi connectivity index (χ0v) is 21.2. The highest BCUT2D eigenvalue weighted by Crippen LogP contribution is 2.31. The number of carbonyl (C=O) groups is 3. The van der Waals surface area contributed by atoms with Crippen molar-refractivity contribution in [2.24, 2.45) is 0 Å². The molecular formula is C29H27FN4O4. The van der Waals surface area contributed by atoms with Crippen molar-refractivity contribution < 1.29 is 23.5 Å². The minimum Gasteiger partial charge on any atom is -0.444 e. The standard InChI is InChI=1S/C29H27FN4O4/c1-29(2,3)38-28(37)33-24-12-11-19(22-9-4-5-10-23(22)30)16-25(24)32-27(36)17-26(35)20-7-6-8-21(15-20)34-14-13-31-18-34/h4-16,18H,17H2,1-3H3,(H,32,36)(H,33,37). The first-order valence-electron chi connectivity index (χ1n) is 11.9. The van der Waals surface area contributed by atoms with Gasteiger partial charge in [-0.1, -0.05) is 36.4 Å². The normalized spacial score (nSPS) is 11.1. The molecule has 0 bridgehead atoms. The van der Waals surface area contributed by atoms with Gasteiger partial charge in [-0.3, -0.25) is 14.9 Å². The van der Waals surface area contributed by atoms with E-state index in [1.54, 1.807) is 86.5 Å². The van der Waals surface area contributed by atoms with Crippen LogP contribution in [-0.2, 0) is 9.53 Å². The van der Waals surface area contributed by atoms with Gasteiger partial charge in [-0.15, -0.1) is 0 Å². The summed E-state index contributed by atoms with van der Waals surface area (Å²) in [6, 6.07) is 17.7. The van der Waals surface area contributed by atoms with Crippen LogP contribution in [0.2, 0.25) is 0 Å². The minimum absolute atomic E-state index is 0.196. The topological polar surface area (TPSA) is 102 Å². The van der Waals surface area contributed by atoms with Crippen LogP contribution in [0.15, 0.2) is 85.5 Å². The summed E-state index contributed by atoms with van der Waals surface area (Å²) in [6.45, 7) is 5.18. The van der Waals surface area contributed by atoms with E-state index >= 15 is 0 Å². The van der Waals surface area contributed by atoms with Crippen molar-refractivity contribution in [1.29, 1.82) is 0 Å². The monoisotopic (exact) mass is 514 g/mol. The summed E-state index contributed by atoms with van der Waals surface area (Å²) < 4.78 is 21.5. The molecule has 0 saturated carbocycles. The lowest BCUT2D eigenvalue weighted by Crippen LogP contribution is -2.27. The predicted molar refractivity (Wildman–Crippen MR) is 143 cm³/mol. The number of ether oxygens (including phenoxy) is 1. The molecule has 3 aromatic carbocycles. The number of carbonyl (C=O) groups excluding carboxylic acids is 3. The van der Waals surface area contributed by atoms with Crippen molar-refractivity contribution in [2.75, 3.05) is 10.6 Å². The van der Waals surface area contributed by atoms with Crippen LogP contribution in [0.5, 0.6) is 0 Å². The maximum atomic E-state index is 14.4. The fraction of sp³-hybridized carbons (Fsp3) is 0.172. The quantitative estimate of drug-likeness (QED) is 0.225. The van der Waals surface area contributed by atoms with Crippen LogP contribution in [0.25, 0.3) is 16.8 Å².